The van der Waals surface area contributed by atoms with Crippen LogP contribution < -0.4 is 21.8 Å². The van der Waals surface area contributed by atoms with Crippen LogP contribution in [0.2, 0.25) is 0 Å². The molecule has 4 aliphatic heterocycles. The minimum absolute atomic E-state index is 0.125. The van der Waals surface area contributed by atoms with Gasteiger partial charge in [0, 0.05) is 124 Å². The SMILES string of the molecule is C/C=C/c1ccc2n(c1=O)C[C@H]1[C@H](CO)[C@@H](C(=O)NCCc3ccncc3)[C@@H]2N1CCC(F)(F)F.C/C=C\c1ccc2n(c1=O)C[C@H]1[C@H](CO)[C@@H](C(=O)NCCc3ccncc3)[C@@H]2N1CCC(F)(F)F. The van der Waals surface area contributed by atoms with Crippen molar-refractivity contribution in [3.05, 3.63) is 140 Å². The van der Waals surface area contributed by atoms with Gasteiger partial charge in [-0.3, -0.25) is 38.9 Å². The predicted molar refractivity (Wildman–Crippen MR) is 249 cm³/mol. The number of carbonyl (C=O) groups excluding carboxylic acids is 2. The predicted octanol–water partition coefficient (Wildman–Crippen LogP) is 5.10. The maximum absolute atomic E-state index is 13.4. The van der Waals surface area contributed by atoms with E-state index in [1.54, 1.807) is 106 Å². The largest absolute Gasteiger partial charge is 0.396 e. The Morgan fingerprint density at radius 3 is 1.33 bits per heavy atom. The van der Waals surface area contributed by atoms with Crippen molar-refractivity contribution in [2.75, 3.05) is 39.4 Å². The molecule has 4 bridgehead atoms. The van der Waals surface area contributed by atoms with E-state index in [1.165, 1.54) is 0 Å². The van der Waals surface area contributed by atoms with E-state index in [0.717, 1.165) is 11.1 Å². The molecule has 0 aliphatic carbocycles. The van der Waals surface area contributed by atoms with Gasteiger partial charge in [-0.1, -0.05) is 24.3 Å². The Bertz CT molecular complexity index is 2450. The molecule has 2 fully saturated rings. The summed E-state index contributed by atoms with van der Waals surface area (Å²) in [6.07, 6.45) is 3.85. The molecule has 4 aromatic rings. The van der Waals surface area contributed by atoms with Crippen LogP contribution in [0.1, 0.15) is 72.4 Å². The molecule has 0 spiro atoms. The third-order valence-corrected chi connectivity index (χ3v) is 13.9. The van der Waals surface area contributed by atoms with Crippen LogP contribution in [0.5, 0.6) is 0 Å². The number of nitrogens with one attached hydrogen (secondary N) is 2. The molecular weight excluding hydrogens is 923 g/mol. The number of rotatable bonds is 16. The van der Waals surface area contributed by atoms with E-state index in [1.807, 2.05) is 24.3 Å². The van der Waals surface area contributed by atoms with Gasteiger partial charge in [0.05, 0.1) is 36.8 Å². The van der Waals surface area contributed by atoms with Crippen molar-refractivity contribution < 1.29 is 46.1 Å². The summed E-state index contributed by atoms with van der Waals surface area (Å²) >= 11 is 0. The molecule has 0 unspecified atom stereocenters. The molecule has 8 atom stereocenters. The zero-order chi connectivity index (χ0) is 50.3. The van der Waals surface area contributed by atoms with Crippen molar-refractivity contribution in [3.8, 4) is 0 Å². The number of hydrogen-bond donors (Lipinski definition) is 4. The molecule has 0 saturated carbocycles. The van der Waals surface area contributed by atoms with Gasteiger partial charge in [0.25, 0.3) is 11.1 Å². The maximum Gasteiger partial charge on any atom is 0.390 e. The number of fused-ring (bicyclic) bond motifs is 8. The highest BCUT2D eigenvalue weighted by molar-refractivity contribution is 5.81. The lowest BCUT2D eigenvalue weighted by Crippen LogP contribution is -2.47. The molecule has 4 aromatic heterocycles. The summed E-state index contributed by atoms with van der Waals surface area (Å²) in [7, 11) is 0. The molecule has 8 rings (SSSR count). The number of aromatic nitrogens is 4. The van der Waals surface area contributed by atoms with Crippen LogP contribution in [-0.4, -0.2) is 115 Å². The molecule has 2 amide bonds. The summed E-state index contributed by atoms with van der Waals surface area (Å²) in [4.78, 5) is 64.2. The van der Waals surface area contributed by atoms with Crippen molar-refractivity contribution in [3.63, 3.8) is 0 Å². The summed E-state index contributed by atoms with van der Waals surface area (Å²) in [6, 6.07) is 11.5. The fourth-order valence-corrected chi connectivity index (χ4v) is 10.8. The zero-order valence-corrected chi connectivity index (χ0v) is 38.8. The minimum Gasteiger partial charge on any atom is -0.396 e. The van der Waals surface area contributed by atoms with Gasteiger partial charge in [-0.2, -0.15) is 26.3 Å². The highest BCUT2D eigenvalue weighted by Crippen LogP contribution is 2.50. The number of hydrogen-bond acceptors (Lipinski definition) is 10. The van der Waals surface area contributed by atoms with Gasteiger partial charge in [-0.05, 0) is 86.3 Å². The summed E-state index contributed by atoms with van der Waals surface area (Å²) in [6.45, 7) is 3.17. The van der Waals surface area contributed by atoms with Crippen molar-refractivity contribution in [1.82, 2.24) is 39.5 Å². The highest BCUT2D eigenvalue weighted by Gasteiger charge is 2.57. The van der Waals surface area contributed by atoms with Crippen LogP contribution in [0.15, 0.2) is 95.1 Å². The van der Waals surface area contributed by atoms with Crippen molar-refractivity contribution >= 4 is 24.0 Å². The average Bonchev–Trinajstić information content (AvgIpc) is 3.69. The lowest BCUT2D eigenvalue weighted by molar-refractivity contribution is -0.141. The third kappa shape index (κ3) is 11.5. The summed E-state index contributed by atoms with van der Waals surface area (Å²) in [5.74, 6) is -3.42. The molecule has 0 aromatic carbocycles. The fourth-order valence-electron chi connectivity index (χ4n) is 10.8. The lowest BCUT2D eigenvalue weighted by atomic mass is 9.86. The average molecular weight is 981 g/mol. The van der Waals surface area contributed by atoms with Gasteiger partial charge in [0.1, 0.15) is 0 Å². The van der Waals surface area contributed by atoms with Gasteiger partial charge < -0.3 is 30.0 Å². The first-order valence-corrected chi connectivity index (χ1v) is 23.4. The van der Waals surface area contributed by atoms with E-state index in [-0.39, 0.29) is 62.3 Å². The van der Waals surface area contributed by atoms with Gasteiger partial charge >= 0.3 is 12.4 Å². The minimum atomic E-state index is -4.36. The van der Waals surface area contributed by atoms with E-state index < -0.39 is 73.0 Å². The summed E-state index contributed by atoms with van der Waals surface area (Å²) < 4.78 is 81.9. The van der Waals surface area contributed by atoms with E-state index in [9.17, 15) is 55.7 Å². The van der Waals surface area contributed by atoms with Crippen LogP contribution in [0.25, 0.3) is 12.2 Å². The second kappa shape index (κ2) is 22.4. The lowest BCUT2D eigenvalue weighted by Gasteiger charge is -2.38. The van der Waals surface area contributed by atoms with Gasteiger partial charge in [0.15, 0.2) is 0 Å². The number of aliphatic hydroxyl groups excluding tert-OH is 2. The van der Waals surface area contributed by atoms with Gasteiger partial charge in [-0.15, -0.1) is 0 Å². The number of carbonyl (C=O) groups is 2. The Kier molecular flexibility index (Phi) is 16.6. The normalized spacial score (nSPS) is 24.0. The van der Waals surface area contributed by atoms with E-state index in [2.05, 4.69) is 20.6 Å². The molecule has 4 N–H and O–H groups in total. The topological polar surface area (TPSA) is 175 Å². The molecule has 8 heterocycles. The molecule has 2 saturated heterocycles. The molecular formula is C50H58F6N8O6. The fraction of sp³-hybridized carbons (Fsp3) is 0.480. The second-order valence-corrected chi connectivity index (χ2v) is 18.0. The smallest absolute Gasteiger partial charge is 0.390 e. The molecule has 20 heteroatoms. The maximum atomic E-state index is 13.4. The first kappa shape index (κ1) is 51.9. The second-order valence-electron chi connectivity index (χ2n) is 18.0. The number of nitrogens with zero attached hydrogens (tertiary/aromatic N) is 6. The summed E-state index contributed by atoms with van der Waals surface area (Å²) in [5.41, 5.74) is 3.44. The van der Waals surface area contributed by atoms with Gasteiger partial charge in [0.2, 0.25) is 11.8 Å². The molecule has 0 radical (unpaired) electrons. The monoisotopic (exact) mass is 980 g/mol. The van der Waals surface area contributed by atoms with Crippen LogP contribution in [0.3, 0.4) is 0 Å². The number of amides is 2. The van der Waals surface area contributed by atoms with Crippen molar-refractivity contribution in [2.45, 2.75) is 89.1 Å². The third-order valence-electron chi connectivity index (χ3n) is 13.9. The Labute approximate surface area is 400 Å². The highest BCUT2D eigenvalue weighted by atomic mass is 19.4. The molecule has 4 aliphatic rings. The number of allylic oxidation sites excluding steroid dienone is 2. The Balaban J connectivity index is 0.000000206. The first-order chi connectivity index (χ1) is 33.5. The van der Waals surface area contributed by atoms with Crippen LogP contribution in [0, 0.1) is 23.7 Å². The van der Waals surface area contributed by atoms with Crippen molar-refractivity contribution in [1.29, 1.82) is 0 Å². The number of halogens is 6. The van der Waals surface area contributed by atoms with Gasteiger partial charge in [-0.25, -0.2) is 0 Å². The Morgan fingerprint density at radius 1 is 0.629 bits per heavy atom. The van der Waals surface area contributed by atoms with Crippen molar-refractivity contribution in [2.24, 2.45) is 23.7 Å². The standard InChI is InChI=1S/2C25H29F3N4O3/c2*1-2-3-17-4-5-19-22-21(23(34)30-12-8-16-6-10-29-11-7-16)18(15-33)20(14-32(19)24(17)35)31(22)13-9-25(26,27)28/h2*2-7,10-11,18,20-22,33H,8-9,12-15H2,1H3,(H,30,34)/b3-2+;3-2-/t2*18-,20-,21+,22+/m00/s1. The number of alkyl halides is 6. The Morgan fingerprint density at radius 2 is 1.00 bits per heavy atom. The molecule has 70 heavy (non-hydrogen) atoms. The van der Waals surface area contributed by atoms with E-state index >= 15 is 0 Å². The Hall–Kier alpha value is -5.96. The van der Waals surface area contributed by atoms with E-state index in [0.29, 0.717) is 48.4 Å². The number of pyridine rings is 4. The molecule has 376 valence electrons. The molecule has 14 nitrogen and oxygen atoms in total. The quantitative estimate of drug-likeness (QED) is 0.111. The zero-order valence-electron chi connectivity index (χ0n) is 38.8. The van der Waals surface area contributed by atoms with Crippen LogP contribution >= 0.6 is 0 Å². The van der Waals surface area contributed by atoms with Crippen LogP contribution in [-0.2, 0) is 35.5 Å². The summed E-state index contributed by atoms with van der Waals surface area (Å²) in [5, 5.41) is 26.3. The van der Waals surface area contributed by atoms with Crippen LogP contribution in [0.4, 0.5) is 26.3 Å². The first-order valence-electron chi connectivity index (χ1n) is 23.4. The van der Waals surface area contributed by atoms with E-state index in [4.69, 9.17) is 0 Å². The number of aliphatic hydroxyl groups is 2.